The van der Waals surface area contributed by atoms with Crippen molar-refractivity contribution in [2.75, 3.05) is 25.0 Å². The Balaban J connectivity index is 1.43. The summed E-state index contributed by atoms with van der Waals surface area (Å²) in [6, 6.07) is 7.54. The Hall–Kier alpha value is -2.66. The first-order valence-electron chi connectivity index (χ1n) is 13.6. The minimum Gasteiger partial charge on any atom is -0.444 e. The summed E-state index contributed by atoms with van der Waals surface area (Å²) in [5, 5.41) is 9.83. The van der Waals surface area contributed by atoms with Gasteiger partial charge in [-0.3, -0.25) is 14.6 Å². The molecule has 1 aromatic carbocycles. The largest absolute Gasteiger partial charge is 0.444 e. The second-order valence-corrected chi connectivity index (χ2v) is 12.3. The second-order valence-electron chi connectivity index (χ2n) is 12.3. The predicted octanol–water partition coefficient (Wildman–Crippen LogP) is 4.78. The monoisotopic (exact) mass is 512 g/mol. The van der Waals surface area contributed by atoms with Gasteiger partial charge in [-0.15, -0.1) is 0 Å². The van der Waals surface area contributed by atoms with Crippen LogP contribution in [0.1, 0.15) is 65.9 Å². The molecule has 1 saturated carbocycles. The molecule has 1 aromatic rings. The lowest BCUT2D eigenvalue weighted by molar-refractivity contribution is -0.126. The smallest absolute Gasteiger partial charge is 0.411 e. The zero-order valence-electron chi connectivity index (χ0n) is 23.0. The number of Topliss-reactive ketones (excluding diaryl/α,β-unsaturated/α-hetero) is 1. The van der Waals surface area contributed by atoms with Gasteiger partial charge in [-0.05, 0) is 91.0 Å². The Morgan fingerprint density at radius 1 is 1.19 bits per heavy atom. The minimum atomic E-state index is -0.657. The molecule has 7 nitrogen and oxygen atoms in total. The molecule has 8 heteroatoms. The normalized spacial score (nSPS) is 28.8. The van der Waals surface area contributed by atoms with Crippen LogP contribution in [0, 0.1) is 29.0 Å². The number of piperazine rings is 1. The van der Waals surface area contributed by atoms with E-state index in [0.717, 1.165) is 38.0 Å². The van der Waals surface area contributed by atoms with Crippen LogP contribution in [0.25, 0.3) is 0 Å². The van der Waals surface area contributed by atoms with E-state index in [1.807, 2.05) is 26.8 Å². The number of benzene rings is 1. The summed E-state index contributed by atoms with van der Waals surface area (Å²) in [6.45, 7) is 11.5. The number of hydrogen-bond donors (Lipinski definition) is 0. The number of anilines is 1. The summed E-state index contributed by atoms with van der Waals surface area (Å²) in [5.41, 5.74) is 0.633. The molecular formula is C29H41FN4O3. The number of amides is 1. The van der Waals surface area contributed by atoms with Crippen LogP contribution in [0.3, 0.4) is 0 Å². The number of hydrogen-bond acceptors (Lipinski definition) is 6. The molecule has 2 saturated heterocycles. The Kier molecular flexibility index (Phi) is 7.85. The highest BCUT2D eigenvalue weighted by molar-refractivity contribution is 5.89. The fourth-order valence-corrected chi connectivity index (χ4v) is 6.31. The van der Waals surface area contributed by atoms with Crippen molar-refractivity contribution in [2.45, 2.75) is 96.5 Å². The van der Waals surface area contributed by atoms with Gasteiger partial charge >= 0.3 is 6.09 Å². The summed E-state index contributed by atoms with van der Waals surface area (Å²) >= 11 is 0. The van der Waals surface area contributed by atoms with E-state index < -0.39 is 23.7 Å². The maximum absolute atomic E-state index is 15.2. The van der Waals surface area contributed by atoms with E-state index in [1.54, 1.807) is 17.0 Å². The number of halogens is 1. The first-order valence-corrected chi connectivity index (χ1v) is 13.6. The number of nitrogens with zero attached hydrogens (tertiary/aromatic N) is 4. The second kappa shape index (κ2) is 10.6. The molecule has 6 atom stereocenters. The van der Waals surface area contributed by atoms with E-state index in [2.05, 4.69) is 36.8 Å². The third kappa shape index (κ3) is 5.93. The molecule has 2 aliphatic heterocycles. The standard InChI is InChI=1S/C29H41FN4O3/c1-18-17-33(19(2)16-32(18)6)23-9-7-21(25(30)14-23)11-20(15-31)12-26(35)27-22-8-10-24(13-22)34(27)28(36)37-29(3,4)5/h7,9,14,18-20,22,24,27H,8,10-13,16-17H2,1-6H3/t18?,19?,20-,22+,24-,27+/m1/s1. The number of likely N-dealkylation sites (N-methyl/N-ethyl adjacent to an activating group) is 1. The number of rotatable bonds is 6. The number of carbonyl (C=O) groups is 2. The quantitative estimate of drug-likeness (QED) is 0.546. The number of ketones is 1. The molecule has 2 heterocycles. The molecule has 2 bridgehead atoms. The van der Waals surface area contributed by atoms with E-state index in [0.29, 0.717) is 11.6 Å². The highest BCUT2D eigenvalue weighted by atomic mass is 19.1. The van der Waals surface area contributed by atoms with Crippen molar-refractivity contribution in [3.63, 3.8) is 0 Å². The van der Waals surface area contributed by atoms with Crippen molar-refractivity contribution in [1.29, 1.82) is 5.26 Å². The molecule has 1 amide bonds. The van der Waals surface area contributed by atoms with Crippen molar-refractivity contribution in [1.82, 2.24) is 9.80 Å². The number of nitriles is 1. The lowest BCUT2D eigenvalue weighted by Gasteiger charge is -2.43. The Morgan fingerprint density at radius 2 is 1.92 bits per heavy atom. The Labute approximate surface area is 220 Å². The molecular weight excluding hydrogens is 471 g/mol. The van der Waals surface area contributed by atoms with Crippen LogP contribution >= 0.6 is 0 Å². The van der Waals surface area contributed by atoms with E-state index in [4.69, 9.17) is 4.74 Å². The van der Waals surface area contributed by atoms with Crippen LogP contribution in [0.5, 0.6) is 0 Å². The summed E-state index contributed by atoms with van der Waals surface area (Å²) in [5.74, 6) is -1.02. The number of fused-ring (bicyclic) bond motifs is 2. The zero-order valence-corrected chi connectivity index (χ0v) is 23.0. The van der Waals surface area contributed by atoms with Crippen LogP contribution in [-0.2, 0) is 16.0 Å². The van der Waals surface area contributed by atoms with E-state index in [-0.39, 0.29) is 42.4 Å². The van der Waals surface area contributed by atoms with Gasteiger partial charge in [0.15, 0.2) is 5.78 Å². The first kappa shape index (κ1) is 27.4. The van der Waals surface area contributed by atoms with Gasteiger partial charge in [0.2, 0.25) is 0 Å². The highest BCUT2D eigenvalue weighted by Gasteiger charge is 2.52. The minimum absolute atomic E-state index is 0.00210. The maximum atomic E-state index is 15.2. The van der Waals surface area contributed by atoms with Gasteiger partial charge in [0.1, 0.15) is 11.4 Å². The van der Waals surface area contributed by atoms with Crippen LogP contribution in [0.15, 0.2) is 18.2 Å². The van der Waals surface area contributed by atoms with Gasteiger partial charge in [0.25, 0.3) is 0 Å². The molecule has 4 rings (SSSR count). The fourth-order valence-electron chi connectivity index (χ4n) is 6.31. The summed E-state index contributed by atoms with van der Waals surface area (Å²) < 4.78 is 20.8. The summed E-state index contributed by atoms with van der Waals surface area (Å²) in [7, 11) is 2.11. The van der Waals surface area contributed by atoms with Crippen LogP contribution in [-0.4, -0.2) is 71.6 Å². The lowest BCUT2D eigenvalue weighted by atomic mass is 9.88. The molecule has 3 aliphatic rings. The van der Waals surface area contributed by atoms with Crippen LogP contribution < -0.4 is 4.90 Å². The number of carbonyl (C=O) groups excluding carboxylic acids is 2. The van der Waals surface area contributed by atoms with Crippen molar-refractivity contribution < 1.29 is 18.7 Å². The molecule has 1 aliphatic carbocycles. The van der Waals surface area contributed by atoms with Crippen LogP contribution in [0.4, 0.5) is 14.9 Å². The van der Waals surface area contributed by atoms with Gasteiger partial charge in [0, 0.05) is 43.3 Å². The van der Waals surface area contributed by atoms with Gasteiger partial charge in [-0.25, -0.2) is 9.18 Å². The molecule has 0 N–H and O–H groups in total. The average Bonchev–Trinajstić information content (AvgIpc) is 3.43. The number of likely N-dealkylation sites (tertiary alicyclic amines) is 1. The summed E-state index contributed by atoms with van der Waals surface area (Å²) in [6.07, 6.45) is 2.27. The topological polar surface area (TPSA) is 76.9 Å². The average molecular weight is 513 g/mol. The SMILES string of the molecule is CC1CN(c2ccc(C[C@@H](C#N)CC(=O)[C@@H]3[C@H]4CC[C@H](C4)N3C(=O)OC(C)(C)C)c(F)c2)C(C)CN1C. The molecule has 0 spiro atoms. The van der Waals surface area contributed by atoms with Gasteiger partial charge in [0.05, 0.1) is 18.0 Å². The molecule has 0 aromatic heterocycles. The van der Waals surface area contributed by atoms with E-state index >= 15 is 4.39 Å². The summed E-state index contributed by atoms with van der Waals surface area (Å²) in [4.78, 5) is 32.5. The van der Waals surface area contributed by atoms with Crippen LogP contribution in [0.2, 0.25) is 0 Å². The van der Waals surface area contributed by atoms with Gasteiger partial charge in [-0.1, -0.05) is 6.07 Å². The highest BCUT2D eigenvalue weighted by Crippen LogP contribution is 2.44. The molecule has 2 unspecified atom stereocenters. The van der Waals surface area contributed by atoms with E-state index in [9.17, 15) is 14.9 Å². The maximum Gasteiger partial charge on any atom is 0.411 e. The van der Waals surface area contributed by atoms with Crippen molar-refractivity contribution in [2.24, 2.45) is 11.8 Å². The number of piperidine rings is 1. The van der Waals surface area contributed by atoms with Crippen molar-refractivity contribution in [3.05, 3.63) is 29.6 Å². The molecule has 37 heavy (non-hydrogen) atoms. The Morgan fingerprint density at radius 3 is 2.57 bits per heavy atom. The molecule has 202 valence electrons. The van der Waals surface area contributed by atoms with E-state index in [1.165, 1.54) is 0 Å². The third-order valence-corrected chi connectivity index (χ3v) is 8.28. The molecule has 0 radical (unpaired) electrons. The van der Waals surface area contributed by atoms with Gasteiger partial charge in [-0.2, -0.15) is 5.26 Å². The van der Waals surface area contributed by atoms with Crippen molar-refractivity contribution >= 4 is 17.6 Å². The Bertz CT molecular complexity index is 1060. The molecule has 3 fully saturated rings. The third-order valence-electron chi connectivity index (χ3n) is 8.28. The fraction of sp³-hybridized carbons (Fsp3) is 0.690. The first-order chi connectivity index (χ1) is 17.4. The zero-order chi connectivity index (χ0) is 27.1. The van der Waals surface area contributed by atoms with Gasteiger partial charge < -0.3 is 9.64 Å². The predicted molar refractivity (Wildman–Crippen MR) is 141 cm³/mol. The lowest BCUT2D eigenvalue weighted by Crippen LogP contribution is -2.55. The van der Waals surface area contributed by atoms with Crippen molar-refractivity contribution in [3.8, 4) is 6.07 Å². The number of ether oxygens (including phenoxy) is 1.